The van der Waals surface area contributed by atoms with Gasteiger partial charge in [0.15, 0.2) is 0 Å². The Hall–Kier alpha value is -1.02. The van der Waals surface area contributed by atoms with Crippen LogP contribution in [0.15, 0.2) is 18.2 Å². The molecule has 2 aliphatic rings. The van der Waals surface area contributed by atoms with E-state index >= 15 is 0 Å². The van der Waals surface area contributed by atoms with E-state index in [4.69, 9.17) is 4.74 Å². The second kappa shape index (κ2) is 5.96. The SMILES string of the molecule is CNC1CCCc2ccc(OC3CCCCC3)cc21. The lowest BCUT2D eigenvalue weighted by Gasteiger charge is -2.27. The topological polar surface area (TPSA) is 21.3 Å². The molecule has 2 heteroatoms. The van der Waals surface area contributed by atoms with Gasteiger partial charge in [0.2, 0.25) is 0 Å². The van der Waals surface area contributed by atoms with Gasteiger partial charge in [-0.15, -0.1) is 0 Å². The van der Waals surface area contributed by atoms with E-state index in [1.165, 1.54) is 62.5 Å². The lowest BCUT2D eigenvalue weighted by molar-refractivity contribution is 0.154. The number of fused-ring (bicyclic) bond motifs is 1. The van der Waals surface area contributed by atoms with Crippen molar-refractivity contribution in [2.24, 2.45) is 0 Å². The number of aryl methyl sites for hydroxylation is 1. The van der Waals surface area contributed by atoms with Crippen LogP contribution in [-0.4, -0.2) is 13.2 Å². The Morgan fingerprint density at radius 1 is 1.05 bits per heavy atom. The van der Waals surface area contributed by atoms with Gasteiger partial charge in [-0.05, 0) is 75.3 Å². The first kappa shape index (κ1) is 13.0. The molecular weight excluding hydrogens is 234 g/mol. The number of hydrogen-bond acceptors (Lipinski definition) is 2. The average molecular weight is 259 g/mol. The molecule has 0 aromatic heterocycles. The van der Waals surface area contributed by atoms with E-state index in [0.29, 0.717) is 12.1 Å². The summed E-state index contributed by atoms with van der Waals surface area (Å²) < 4.78 is 6.19. The van der Waals surface area contributed by atoms with E-state index in [0.717, 1.165) is 5.75 Å². The van der Waals surface area contributed by atoms with E-state index in [1.54, 1.807) is 0 Å². The predicted molar refractivity (Wildman–Crippen MR) is 78.7 cm³/mol. The number of rotatable bonds is 3. The Labute approximate surface area is 116 Å². The molecule has 1 saturated carbocycles. The molecule has 1 aromatic rings. The highest BCUT2D eigenvalue weighted by molar-refractivity contribution is 5.39. The molecule has 0 heterocycles. The predicted octanol–water partition coefficient (Wildman–Crippen LogP) is 3.99. The fraction of sp³-hybridized carbons (Fsp3) is 0.647. The minimum atomic E-state index is 0.448. The van der Waals surface area contributed by atoms with Crippen molar-refractivity contribution in [2.75, 3.05) is 7.05 Å². The van der Waals surface area contributed by atoms with Crippen LogP contribution in [0.5, 0.6) is 5.75 Å². The second-order valence-corrected chi connectivity index (χ2v) is 5.97. The summed E-state index contributed by atoms with van der Waals surface area (Å²) in [6.45, 7) is 0. The Bertz CT molecular complexity index is 423. The first-order valence-corrected chi connectivity index (χ1v) is 7.83. The number of nitrogens with one attached hydrogen (secondary N) is 1. The smallest absolute Gasteiger partial charge is 0.120 e. The Balaban J connectivity index is 1.75. The third kappa shape index (κ3) is 2.94. The van der Waals surface area contributed by atoms with Gasteiger partial charge in [-0.1, -0.05) is 12.5 Å². The van der Waals surface area contributed by atoms with Crippen molar-refractivity contribution in [1.29, 1.82) is 0 Å². The van der Waals surface area contributed by atoms with E-state index in [-0.39, 0.29) is 0 Å². The molecule has 2 aliphatic carbocycles. The summed E-state index contributed by atoms with van der Waals surface area (Å²) in [4.78, 5) is 0. The molecule has 1 atom stereocenters. The van der Waals surface area contributed by atoms with Crippen LogP contribution < -0.4 is 10.1 Å². The van der Waals surface area contributed by atoms with Crippen molar-refractivity contribution in [2.45, 2.75) is 63.5 Å². The van der Waals surface area contributed by atoms with Gasteiger partial charge in [-0.25, -0.2) is 0 Å². The summed E-state index contributed by atoms with van der Waals surface area (Å²) in [6, 6.07) is 7.24. The number of benzene rings is 1. The molecule has 1 N–H and O–H groups in total. The van der Waals surface area contributed by atoms with Crippen molar-refractivity contribution in [3.63, 3.8) is 0 Å². The highest BCUT2D eigenvalue weighted by Gasteiger charge is 2.20. The molecule has 1 unspecified atom stereocenters. The monoisotopic (exact) mass is 259 g/mol. The van der Waals surface area contributed by atoms with Gasteiger partial charge in [0.05, 0.1) is 6.10 Å². The number of hydrogen-bond donors (Lipinski definition) is 1. The van der Waals surface area contributed by atoms with Gasteiger partial charge in [0.25, 0.3) is 0 Å². The highest BCUT2D eigenvalue weighted by Crippen LogP contribution is 2.33. The quantitative estimate of drug-likeness (QED) is 0.886. The van der Waals surface area contributed by atoms with Crippen LogP contribution in [0.25, 0.3) is 0 Å². The zero-order valence-corrected chi connectivity index (χ0v) is 12.0. The van der Waals surface area contributed by atoms with Crippen LogP contribution >= 0.6 is 0 Å². The Morgan fingerprint density at radius 3 is 2.68 bits per heavy atom. The van der Waals surface area contributed by atoms with E-state index < -0.39 is 0 Å². The molecule has 1 fully saturated rings. The molecule has 3 rings (SSSR count). The Morgan fingerprint density at radius 2 is 1.89 bits per heavy atom. The molecule has 2 nitrogen and oxygen atoms in total. The first-order valence-electron chi connectivity index (χ1n) is 7.83. The molecular formula is C17H25NO. The minimum absolute atomic E-state index is 0.448. The molecule has 0 spiro atoms. The highest BCUT2D eigenvalue weighted by atomic mass is 16.5. The van der Waals surface area contributed by atoms with Crippen LogP contribution in [0.4, 0.5) is 0 Å². The summed E-state index contributed by atoms with van der Waals surface area (Å²) in [5.41, 5.74) is 2.96. The molecule has 0 amide bonds. The van der Waals surface area contributed by atoms with Crippen LogP contribution in [0.1, 0.15) is 62.1 Å². The van der Waals surface area contributed by atoms with Crippen molar-refractivity contribution < 1.29 is 4.74 Å². The van der Waals surface area contributed by atoms with Gasteiger partial charge < -0.3 is 10.1 Å². The first-order chi connectivity index (χ1) is 9.36. The molecule has 0 saturated heterocycles. The largest absolute Gasteiger partial charge is 0.490 e. The standard InChI is InChI=1S/C17H25NO/c1-18-17-9-5-6-13-10-11-15(12-16(13)17)19-14-7-3-2-4-8-14/h10-12,14,17-18H,2-9H2,1H3. The third-order valence-corrected chi connectivity index (χ3v) is 4.64. The van der Waals surface area contributed by atoms with Gasteiger partial charge in [0, 0.05) is 6.04 Å². The van der Waals surface area contributed by atoms with Crippen LogP contribution in [-0.2, 0) is 6.42 Å². The normalized spacial score (nSPS) is 23.9. The second-order valence-electron chi connectivity index (χ2n) is 5.97. The van der Waals surface area contributed by atoms with E-state index in [2.05, 4.69) is 30.6 Å². The maximum Gasteiger partial charge on any atom is 0.120 e. The van der Waals surface area contributed by atoms with Gasteiger partial charge in [-0.3, -0.25) is 0 Å². The summed E-state index contributed by atoms with van der Waals surface area (Å²) >= 11 is 0. The van der Waals surface area contributed by atoms with Crippen molar-refractivity contribution in [3.8, 4) is 5.75 Å². The van der Waals surface area contributed by atoms with Crippen LogP contribution in [0, 0.1) is 0 Å². The third-order valence-electron chi connectivity index (χ3n) is 4.64. The van der Waals surface area contributed by atoms with Gasteiger partial charge in [-0.2, -0.15) is 0 Å². The Kier molecular flexibility index (Phi) is 4.07. The fourth-order valence-corrected chi connectivity index (χ4v) is 3.53. The lowest BCUT2D eigenvalue weighted by Crippen LogP contribution is -2.23. The minimum Gasteiger partial charge on any atom is -0.490 e. The van der Waals surface area contributed by atoms with Crippen LogP contribution in [0.3, 0.4) is 0 Å². The number of ether oxygens (including phenoxy) is 1. The fourth-order valence-electron chi connectivity index (χ4n) is 3.53. The van der Waals surface area contributed by atoms with Gasteiger partial charge >= 0.3 is 0 Å². The van der Waals surface area contributed by atoms with Crippen LogP contribution in [0.2, 0.25) is 0 Å². The lowest BCUT2D eigenvalue weighted by atomic mass is 9.87. The molecule has 19 heavy (non-hydrogen) atoms. The molecule has 0 bridgehead atoms. The average Bonchev–Trinajstić information content (AvgIpc) is 2.47. The van der Waals surface area contributed by atoms with E-state index in [9.17, 15) is 0 Å². The molecule has 104 valence electrons. The molecule has 0 radical (unpaired) electrons. The zero-order valence-electron chi connectivity index (χ0n) is 12.0. The molecule has 1 aromatic carbocycles. The summed E-state index contributed by atoms with van der Waals surface area (Å²) in [5, 5.41) is 3.44. The zero-order chi connectivity index (χ0) is 13.1. The van der Waals surface area contributed by atoms with Gasteiger partial charge in [0.1, 0.15) is 5.75 Å². The summed E-state index contributed by atoms with van der Waals surface area (Å²) in [5.74, 6) is 1.08. The van der Waals surface area contributed by atoms with E-state index in [1.807, 2.05) is 0 Å². The van der Waals surface area contributed by atoms with Crippen molar-refractivity contribution >= 4 is 0 Å². The molecule has 0 aliphatic heterocycles. The summed E-state index contributed by atoms with van der Waals surface area (Å²) in [7, 11) is 2.06. The maximum atomic E-state index is 6.19. The van der Waals surface area contributed by atoms with Crippen molar-refractivity contribution in [3.05, 3.63) is 29.3 Å². The maximum absolute atomic E-state index is 6.19. The van der Waals surface area contributed by atoms with Crippen molar-refractivity contribution in [1.82, 2.24) is 5.32 Å². The summed E-state index contributed by atoms with van der Waals surface area (Å²) in [6.07, 6.45) is 10.7.